The molecule has 1 aromatic carbocycles. The molecule has 18 heavy (non-hydrogen) atoms. The van der Waals surface area contributed by atoms with Crippen LogP contribution in [0.3, 0.4) is 0 Å². The third-order valence-corrected chi connectivity index (χ3v) is 2.88. The van der Waals surface area contributed by atoms with Crippen LogP contribution in [0.4, 0.5) is 14.5 Å². The second-order valence-electron chi connectivity index (χ2n) is 4.37. The summed E-state index contributed by atoms with van der Waals surface area (Å²) in [5.74, 6) is -3.59. The number of halogens is 2. The Kier molecular flexibility index (Phi) is 3.13. The Morgan fingerprint density at radius 2 is 2.00 bits per heavy atom. The number of amides is 1. The van der Waals surface area contributed by atoms with E-state index in [0.717, 1.165) is 11.0 Å². The molecule has 0 saturated heterocycles. The summed E-state index contributed by atoms with van der Waals surface area (Å²) in [6, 6.07) is 1.54. The number of carbonyl (C=O) groups is 2. The molecule has 0 saturated carbocycles. The first-order valence-electron chi connectivity index (χ1n) is 5.51. The maximum absolute atomic E-state index is 13.7. The summed E-state index contributed by atoms with van der Waals surface area (Å²) in [4.78, 5) is 24.4. The Bertz CT molecular complexity index is 531. The molecule has 1 aromatic rings. The molecule has 0 radical (unpaired) electrons. The highest BCUT2D eigenvalue weighted by molar-refractivity contribution is 6.52. The largest absolute Gasteiger partial charge is 0.330 e. The standard InChI is InChI=1S/C12H12F2N2O2/c1-6(4-15)5-16-10-8(11(17)12(16)18)2-7(13)3-9(10)14/h2-3,6H,4-5,15H2,1H3. The van der Waals surface area contributed by atoms with Gasteiger partial charge in [0.05, 0.1) is 11.3 Å². The van der Waals surface area contributed by atoms with Crippen LogP contribution in [0.2, 0.25) is 0 Å². The number of carbonyl (C=O) groups excluding carboxylic acids is 2. The molecule has 0 aliphatic carbocycles. The Morgan fingerprint density at radius 3 is 2.61 bits per heavy atom. The lowest BCUT2D eigenvalue weighted by Crippen LogP contribution is -2.36. The average Bonchev–Trinajstić information content (AvgIpc) is 2.54. The Balaban J connectivity index is 2.48. The van der Waals surface area contributed by atoms with Crippen molar-refractivity contribution in [1.82, 2.24) is 0 Å². The van der Waals surface area contributed by atoms with Gasteiger partial charge in [0.25, 0.3) is 11.7 Å². The van der Waals surface area contributed by atoms with Gasteiger partial charge in [0.2, 0.25) is 0 Å². The summed E-state index contributed by atoms with van der Waals surface area (Å²) in [6.45, 7) is 2.21. The van der Waals surface area contributed by atoms with Crippen LogP contribution < -0.4 is 10.6 Å². The van der Waals surface area contributed by atoms with Gasteiger partial charge in [0.15, 0.2) is 5.82 Å². The number of hydrogen-bond acceptors (Lipinski definition) is 3. The molecule has 1 aliphatic rings. The van der Waals surface area contributed by atoms with Crippen molar-refractivity contribution in [3.63, 3.8) is 0 Å². The molecule has 2 N–H and O–H groups in total. The van der Waals surface area contributed by atoms with E-state index in [4.69, 9.17) is 5.73 Å². The summed E-state index contributed by atoms with van der Waals surface area (Å²) in [5.41, 5.74) is 5.07. The van der Waals surface area contributed by atoms with E-state index in [-0.39, 0.29) is 23.7 Å². The monoisotopic (exact) mass is 254 g/mol. The predicted octanol–water partition coefficient (Wildman–Crippen LogP) is 1.09. The molecule has 2 rings (SSSR count). The van der Waals surface area contributed by atoms with Crippen LogP contribution in [-0.4, -0.2) is 24.8 Å². The number of ketones is 1. The number of hydrogen-bond donors (Lipinski definition) is 1. The molecular formula is C12H12F2N2O2. The number of benzene rings is 1. The van der Waals surface area contributed by atoms with Gasteiger partial charge >= 0.3 is 0 Å². The Hall–Kier alpha value is -1.82. The first kappa shape index (κ1) is 12.6. The van der Waals surface area contributed by atoms with Gasteiger partial charge in [-0.2, -0.15) is 0 Å². The van der Waals surface area contributed by atoms with E-state index < -0.39 is 23.3 Å². The van der Waals surface area contributed by atoms with E-state index in [1.165, 1.54) is 0 Å². The number of anilines is 1. The van der Waals surface area contributed by atoms with Crippen LogP contribution in [0, 0.1) is 17.6 Å². The third kappa shape index (κ3) is 1.88. The molecule has 1 amide bonds. The van der Waals surface area contributed by atoms with E-state index >= 15 is 0 Å². The van der Waals surface area contributed by atoms with E-state index in [9.17, 15) is 18.4 Å². The van der Waals surface area contributed by atoms with Crippen molar-refractivity contribution in [2.45, 2.75) is 6.92 Å². The van der Waals surface area contributed by atoms with Crippen molar-refractivity contribution in [2.75, 3.05) is 18.0 Å². The Morgan fingerprint density at radius 1 is 1.33 bits per heavy atom. The molecule has 1 aliphatic heterocycles. The smallest absolute Gasteiger partial charge is 0.299 e. The summed E-state index contributed by atoms with van der Waals surface area (Å²) < 4.78 is 26.7. The second kappa shape index (κ2) is 4.45. The molecule has 1 unspecified atom stereocenters. The maximum Gasteiger partial charge on any atom is 0.299 e. The fourth-order valence-corrected chi connectivity index (χ4v) is 1.91. The summed E-state index contributed by atoms with van der Waals surface area (Å²) in [6.07, 6.45) is 0. The maximum atomic E-state index is 13.7. The zero-order chi connectivity index (χ0) is 13.4. The van der Waals surface area contributed by atoms with Gasteiger partial charge in [-0.15, -0.1) is 0 Å². The molecular weight excluding hydrogens is 242 g/mol. The van der Waals surface area contributed by atoms with Gasteiger partial charge in [-0.3, -0.25) is 9.59 Å². The van der Waals surface area contributed by atoms with Crippen LogP contribution in [-0.2, 0) is 4.79 Å². The van der Waals surface area contributed by atoms with Crippen molar-refractivity contribution in [3.8, 4) is 0 Å². The molecule has 0 bridgehead atoms. The SMILES string of the molecule is CC(CN)CN1C(=O)C(=O)c2cc(F)cc(F)c21. The van der Waals surface area contributed by atoms with Crippen molar-refractivity contribution < 1.29 is 18.4 Å². The molecule has 0 spiro atoms. The van der Waals surface area contributed by atoms with Crippen LogP contribution >= 0.6 is 0 Å². The highest BCUT2D eigenvalue weighted by Crippen LogP contribution is 2.33. The number of Topliss-reactive ketones (excluding diaryl/α,β-unsaturated/α-hetero) is 1. The highest BCUT2D eigenvalue weighted by atomic mass is 19.1. The fraction of sp³-hybridized carbons (Fsp3) is 0.333. The van der Waals surface area contributed by atoms with Crippen molar-refractivity contribution >= 4 is 17.4 Å². The number of fused-ring (bicyclic) bond motifs is 1. The molecule has 0 fully saturated rings. The van der Waals surface area contributed by atoms with Crippen LogP contribution in [0.25, 0.3) is 0 Å². The summed E-state index contributed by atoms with van der Waals surface area (Å²) in [5, 5.41) is 0. The normalized spacial score (nSPS) is 16.1. The van der Waals surface area contributed by atoms with Gasteiger partial charge in [-0.25, -0.2) is 8.78 Å². The number of rotatable bonds is 3. The van der Waals surface area contributed by atoms with Crippen molar-refractivity contribution in [3.05, 3.63) is 29.3 Å². The summed E-state index contributed by atoms with van der Waals surface area (Å²) >= 11 is 0. The summed E-state index contributed by atoms with van der Waals surface area (Å²) in [7, 11) is 0. The Labute approximate surface area is 102 Å². The van der Waals surface area contributed by atoms with Gasteiger partial charge in [0, 0.05) is 12.6 Å². The lowest BCUT2D eigenvalue weighted by atomic mass is 10.1. The van der Waals surface area contributed by atoms with E-state index in [1.54, 1.807) is 6.92 Å². The number of nitrogens with zero attached hydrogens (tertiary/aromatic N) is 1. The average molecular weight is 254 g/mol. The minimum Gasteiger partial charge on any atom is -0.330 e. The molecule has 6 heteroatoms. The fourth-order valence-electron chi connectivity index (χ4n) is 1.91. The van der Waals surface area contributed by atoms with Gasteiger partial charge in [0.1, 0.15) is 5.82 Å². The van der Waals surface area contributed by atoms with E-state index in [2.05, 4.69) is 0 Å². The topological polar surface area (TPSA) is 63.4 Å². The highest BCUT2D eigenvalue weighted by Gasteiger charge is 2.38. The van der Waals surface area contributed by atoms with Gasteiger partial charge in [-0.1, -0.05) is 6.92 Å². The molecule has 4 nitrogen and oxygen atoms in total. The molecule has 1 heterocycles. The number of nitrogens with two attached hydrogens (primary N) is 1. The zero-order valence-electron chi connectivity index (χ0n) is 9.74. The van der Waals surface area contributed by atoms with Crippen LogP contribution in [0.15, 0.2) is 12.1 Å². The minimum atomic E-state index is -0.909. The second-order valence-corrected chi connectivity index (χ2v) is 4.37. The first-order chi connectivity index (χ1) is 8.45. The van der Waals surface area contributed by atoms with E-state index in [0.29, 0.717) is 12.6 Å². The van der Waals surface area contributed by atoms with Crippen LogP contribution in [0.1, 0.15) is 17.3 Å². The molecule has 1 atom stereocenters. The van der Waals surface area contributed by atoms with Crippen molar-refractivity contribution in [1.29, 1.82) is 0 Å². The van der Waals surface area contributed by atoms with Gasteiger partial charge < -0.3 is 10.6 Å². The van der Waals surface area contributed by atoms with Crippen LogP contribution in [0.5, 0.6) is 0 Å². The van der Waals surface area contributed by atoms with E-state index in [1.807, 2.05) is 0 Å². The minimum absolute atomic E-state index is 0.0860. The lowest BCUT2D eigenvalue weighted by Gasteiger charge is -2.20. The quantitative estimate of drug-likeness (QED) is 0.821. The third-order valence-electron chi connectivity index (χ3n) is 2.88. The molecule has 96 valence electrons. The zero-order valence-corrected chi connectivity index (χ0v) is 9.74. The lowest BCUT2D eigenvalue weighted by molar-refractivity contribution is -0.114. The predicted molar refractivity (Wildman–Crippen MR) is 61.3 cm³/mol. The first-order valence-corrected chi connectivity index (χ1v) is 5.51. The van der Waals surface area contributed by atoms with Crippen molar-refractivity contribution in [2.24, 2.45) is 11.7 Å². The van der Waals surface area contributed by atoms with Gasteiger partial charge in [-0.05, 0) is 18.5 Å². The molecule has 0 aromatic heterocycles.